The molecule has 0 bridgehead atoms. The average Bonchev–Trinajstić information content (AvgIpc) is 2.54. The van der Waals surface area contributed by atoms with E-state index in [1.54, 1.807) is 0 Å². The van der Waals surface area contributed by atoms with Crippen LogP contribution < -0.4 is 0 Å². The van der Waals surface area contributed by atoms with Gasteiger partial charge in [0.25, 0.3) is 0 Å². The zero-order valence-corrected chi connectivity index (χ0v) is 8.90. The van der Waals surface area contributed by atoms with Crippen molar-refractivity contribution in [2.75, 3.05) is 20.1 Å². The van der Waals surface area contributed by atoms with Crippen LogP contribution in [0.25, 0.3) is 0 Å². The van der Waals surface area contributed by atoms with Crippen molar-refractivity contribution in [3.63, 3.8) is 0 Å². The second kappa shape index (κ2) is 4.27. The van der Waals surface area contributed by atoms with Crippen molar-refractivity contribution in [1.29, 1.82) is 0 Å². The molecule has 1 aliphatic rings. The van der Waals surface area contributed by atoms with Crippen LogP contribution in [0.2, 0.25) is 0 Å². The van der Waals surface area contributed by atoms with Crippen LogP contribution in [0.1, 0.15) is 46.0 Å². The molecular formula is C11H23N. The third-order valence-corrected chi connectivity index (χ3v) is 3.56. The van der Waals surface area contributed by atoms with Crippen molar-refractivity contribution in [2.45, 2.75) is 46.0 Å². The lowest BCUT2D eigenvalue weighted by Crippen LogP contribution is -2.33. The van der Waals surface area contributed by atoms with Gasteiger partial charge in [0.1, 0.15) is 0 Å². The molecule has 1 fully saturated rings. The average molecular weight is 169 g/mol. The molecule has 1 rings (SSSR count). The van der Waals surface area contributed by atoms with Gasteiger partial charge >= 0.3 is 0 Å². The molecule has 0 heterocycles. The lowest BCUT2D eigenvalue weighted by atomic mass is 9.83. The Hall–Kier alpha value is -0.0400. The Morgan fingerprint density at radius 2 is 1.75 bits per heavy atom. The van der Waals surface area contributed by atoms with Crippen LogP contribution in [-0.4, -0.2) is 25.0 Å². The van der Waals surface area contributed by atoms with Crippen molar-refractivity contribution >= 4 is 0 Å². The van der Waals surface area contributed by atoms with E-state index in [0.29, 0.717) is 5.41 Å². The molecule has 0 amide bonds. The van der Waals surface area contributed by atoms with E-state index in [4.69, 9.17) is 0 Å². The van der Waals surface area contributed by atoms with Crippen molar-refractivity contribution in [3.8, 4) is 0 Å². The highest BCUT2D eigenvalue weighted by Crippen LogP contribution is 2.41. The van der Waals surface area contributed by atoms with Crippen LogP contribution in [0.3, 0.4) is 0 Å². The van der Waals surface area contributed by atoms with Gasteiger partial charge in [-0.15, -0.1) is 0 Å². The van der Waals surface area contributed by atoms with Gasteiger partial charge in [-0.05, 0) is 38.3 Å². The molecule has 0 atom stereocenters. The molecule has 0 aromatic heterocycles. The molecule has 1 nitrogen and oxygen atoms in total. The smallest absolute Gasteiger partial charge is 0.00347 e. The summed E-state index contributed by atoms with van der Waals surface area (Å²) < 4.78 is 0. The van der Waals surface area contributed by atoms with Gasteiger partial charge in [-0.1, -0.05) is 26.7 Å². The molecule has 72 valence electrons. The molecule has 0 unspecified atom stereocenters. The Balaban J connectivity index is 2.43. The third kappa shape index (κ3) is 2.22. The van der Waals surface area contributed by atoms with Crippen molar-refractivity contribution in [3.05, 3.63) is 0 Å². The molecule has 1 heteroatoms. The minimum absolute atomic E-state index is 0.685. The minimum atomic E-state index is 0.685. The van der Waals surface area contributed by atoms with Gasteiger partial charge in [-0.3, -0.25) is 0 Å². The number of hydrogen-bond acceptors (Lipinski definition) is 1. The minimum Gasteiger partial charge on any atom is -0.306 e. The van der Waals surface area contributed by atoms with Crippen molar-refractivity contribution in [2.24, 2.45) is 5.41 Å². The van der Waals surface area contributed by atoms with E-state index in [2.05, 4.69) is 25.8 Å². The van der Waals surface area contributed by atoms with Crippen LogP contribution in [0.4, 0.5) is 0 Å². The highest BCUT2D eigenvalue weighted by Gasteiger charge is 2.32. The Morgan fingerprint density at radius 3 is 2.17 bits per heavy atom. The van der Waals surface area contributed by atoms with E-state index in [1.807, 2.05) is 0 Å². The molecule has 0 aromatic carbocycles. The third-order valence-electron chi connectivity index (χ3n) is 3.56. The quantitative estimate of drug-likeness (QED) is 0.625. The normalized spacial score (nSPS) is 22.0. The Labute approximate surface area is 77.1 Å². The van der Waals surface area contributed by atoms with Crippen LogP contribution in [0.5, 0.6) is 0 Å². The summed E-state index contributed by atoms with van der Waals surface area (Å²) in [4.78, 5) is 2.47. The summed E-state index contributed by atoms with van der Waals surface area (Å²) in [6.07, 6.45) is 7.23. The van der Waals surface area contributed by atoms with E-state index < -0.39 is 0 Å². The van der Waals surface area contributed by atoms with Gasteiger partial charge in [0.2, 0.25) is 0 Å². The molecule has 0 aliphatic heterocycles. The molecular weight excluding hydrogens is 146 g/mol. The maximum absolute atomic E-state index is 2.47. The lowest BCUT2D eigenvalue weighted by molar-refractivity contribution is 0.177. The van der Waals surface area contributed by atoms with Crippen LogP contribution in [0, 0.1) is 5.41 Å². The molecule has 12 heavy (non-hydrogen) atoms. The van der Waals surface area contributed by atoms with E-state index in [0.717, 1.165) is 0 Å². The fraction of sp³-hybridized carbons (Fsp3) is 1.00. The lowest BCUT2D eigenvalue weighted by Gasteiger charge is -2.32. The second-order valence-electron chi connectivity index (χ2n) is 4.39. The van der Waals surface area contributed by atoms with Crippen LogP contribution in [-0.2, 0) is 0 Å². The molecule has 1 saturated carbocycles. The Bertz CT molecular complexity index is 125. The number of rotatable bonds is 4. The van der Waals surface area contributed by atoms with Gasteiger partial charge in [0, 0.05) is 6.54 Å². The number of nitrogens with zero attached hydrogens (tertiary/aromatic N) is 1. The van der Waals surface area contributed by atoms with Gasteiger partial charge in [-0.25, -0.2) is 0 Å². The summed E-state index contributed by atoms with van der Waals surface area (Å²) >= 11 is 0. The summed E-state index contributed by atoms with van der Waals surface area (Å²) in [5, 5.41) is 0. The summed E-state index contributed by atoms with van der Waals surface area (Å²) in [7, 11) is 2.25. The van der Waals surface area contributed by atoms with Gasteiger partial charge in [0.15, 0.2) is 0 Å². The monoisotopic (exact) mass is 169 g/mol. The Morgan fingerprint density at radius 1 is 1.17 bits per heavy atom. The first-order valence-electron chi connectivity index (χ1n) is 5.41. The highest BCUT2D eigenvalue weighted by atomic mass is 15.1. The van der Waals surface area contributed by atoms with Crippen LogP contribution >= 0.6 is 0 Å². The van der Waals surface area contributed by atoms with Crippen molar-refractivity contribution < 1.29 is 0 Å². The first-order chi connectivity index (χ1) is 5.72. The maximum atomic E-state index is 2.47. The molecule has 0 N–H and O–H groups in total. The zero-order valence-electron chi connectivity index (χ0n) is 8.90. The molecule has 1 aliphatic carbocycles. The summed E-state index contributed by atoms with van der Waals surface area (Å²) in [5.41, 5.74) is 0.685. The van der Waals surface area contributed by atoms with Gasteiger partial charge < -0.3 is 4.90 Å². The molecule has 0 radical (unpaired) electrons. The topological polar surface area (TPSA) is 3.24 Å². The first kappa shape index (κ1) is 10.0. The molecule has 0 saturated heterocycles. The van der Waals surface area contributed by atoms with E-state index in [-0.39, 0.29) is 0 Å². The molecule has 0 spiro atoms. The largest absolute Gasteiger partial charge is 0.306 e. The predicted molar refractivity (Wildman–Crippen MR) is 54.4 cm³/mol. The van der Waals surface area contributed by atoms with Gasteiger partial charge in [0.05, 0.1) is 0 Å². The van der Waals surface area contributed by atoms with Crippen LogP contribution in [0.15, 0.2) is 0 Å². The first-order valence-corrected chi connectivity index (χ1v) is 5.41. The van der Waals surface area contributed by atoms with Crippen molar-refractivity contribution in [1.82, 2.24) is 4.90 Å². The van der Waals surface area contributed by atoms with Gasteiger partial charge in [-0.2, -0.15) is 0 Å². The summed E-state index contributed by atoms with van der Waals surface area (Å²) in [5.74, 6) is 0. The highest BCUT2D eigenvalue weighted by molar-refractivity contribution is 4.85. The zero-order chi connectivity index (χ0) is 9.03. The molecule has 0 aromatic rings. The number of hydrogen-bond donors (Lipinski definition) is 0. The maximum Gasteiger partial charge on any atom is 0.00347 e. The second-order valence-corrected chi connectivity index (χ2v) is 4.39. The van der Waals surface area contributed by atoms with E-state index >= 15 is 0 Å². The van der Waals surface area contributed by atoms with E-state index in [1.165, 1.54) is 45.2 Å². The standard InChI is InChI=1S/C11H23N/c1-4-11(8-6-7-9-11)10-12(3)5-2/h4-10H2,1-3H3. The SMILES string of the molecule is CCN(C)CC1(CC)CCCC1. The Kier molecular flexibility index (Phi) is 3.57. The fourth-order valence-corrected chi connectivity index (χ4v) is 2.43. The fourth-order valence-electron chi connectivity index (χ4n) is 2.43. The summed E-state index contributed by atoms with van der Waals surface area (Å²) in [6, 6.07) is 0. The summed E-state index contributed by atoms with van der Waals surface area (Å²) in [6.45, 7) is 7.12. The van der Waals surface area contributed by atoms with E-state index in [9.17, 15) is 0 Å². The predicted octanol–water partition coefficient (Wildman–Crippen LogP) is 2.91.